The van der Waals surface area contributed by atoms with Crippen LogP contribution >= 0.6 is 0 Å². The summed E-state index contributed by atoms with van der Waals surface area (Å²) in [6.45, 7) is 1.79. The average molecular weight is 277 g/mol. The number of benzene rings is 1. The van der Waals surface area contributed by atoms with Crippen molar-refractivity contribution in [2.45, 2.75) is 17.9 Å². The van der Waals surface area contributed by atoms with Gasteiger partial charge < -0.3 is 5.73 Å². The van der Waals surface area contributed by atoms with Gasteiger partial charge in [-0.05, 0) is 24.6 Å². The van der Waals surface area contributed by atoms with Crippen molar-refractivity contribution in [1.82, 2.24) is 9.71 Å². The highest BCUT2D eigenvalue weighted by Gasteiger charge is 2.18. The Kier molecular flexibility index (Phi) is 3.82. The second-order valence-corrected chi connectivity index (χ2v) is 5.89. The predicted molar refractivity (Wildman–Crippen MR) is 73.8 cm³/mol. The first kappa shape index (κ1) is 13.5. The summed E-state index contributed by atoms with van der Waals surface area (Å²) in [6.07, 6.45) is 1.25. The molecule has 1 unspecified atom stereocenters. The number of nitrogens with zero attached hydrogens (tertiary/aromatic N) is 1. The molecule has 19 heavy (non-hydrogen) atoms. The van der Waals surface area contributed by atoms with Gasteiger partial charge >= 0.3 is 0 Å². The van der Waals surface area contributed by atoms with Gasteiger partial charge in [0.15, 0.2) is 0 Å². The normalized spacial score (nSPS) is 13.1. The van der Waals surface area contributed by atoms with Crippen molar-refractivity contribution in [2.24, 2.45) is 0 Å². The lowest BCUT2D eigenvalue weighted by molar-refractivity contribution is 0.566. The summed E-state index contributed by atoms with van der Waals surface area (Å²) in [5.41, 5.74) is 6.33. The molecule has 0 aliphatic carbocycles. The van der Waals surface area contributed by atoms with Crippen LogP contribution in [0.1, 0.15) is 18.5 Å². The van der Waals surface area contributed by atoms with E-state index in [1.165, 1.54) is 18.3 Å². The number of aromatic nitrogens is 1. The molecule has 0 aliphatic heterocycles. The van der Waals surface area contributed by atoms with Gasteiger partial charge in [0.25, 0.3) is 0 Å². The van der Waals surface area contributed by atoms with Crippen LogP contribution in [0, 0.1) is 0 Å². The van der Waals surface area contributed by atoms with Crippen molar-refractivity contribution in [3.05, 3.63) is 54.2 Å². The van der Waals surface area contributed by atoms with Crippen LogP contribution < -0.4 is 10.5 Å². The molecule has 0 radical (unpaired) electrons. The standard InChI is InChI=1S/C13H15N3O2S/c1-10(11-5-3-2-4-6-11)16-19(17,18)12-7-8-13(14)15-9-12/h2-10,16H,1H3,(H2,14,15). The molecule has 0 saturated heterocycles. The van der Waals surface area contributed by atoms with Gasteiger partial charge in [-0.1, -0.05) is 30.3 Å². The van der Waals surface area contributed by atoms with E-state index in [2.05, 4.69) is 9.71 Å². The van der Waals surface area contributed by atoms with Gasteiger partial charge in [0.2, 0.25) is 10.0 Å². The molecule has 1 aromatic heterocycles. The number of nitrogens with two attached hydrogens (primary N) is 1. The van der Waals surface area contributed by atoms with Gasteiger partial charge in [-0.2, -0.15) is 0 Å². The Morgan fingerprint density at radius 1 is 1.16 bits per heavy atom. The maximum Gasteiger partial charge on any atom is 0.242 e. The number of sulfonamides is 1. The molecule has 0 spiro atoms. The molecule has 0 amide bonds. The molecule has 6 heteroatoms. The number of nitrogen functional groups attached to an aromatic ring is 1. The zero-order valence-corrected chi connectivity index (χ0v) is 11.3. The number of anilines is 1. The Labute approximate surface area is 112 Å². The summed E-state index contributed by atoms with van der Waals surface area (Å²) >= 11 is 0. The maximum atomic E-state index is 12.1. The molecule has 0 aliphatic rings. The van der Waals surface area contributed by atoms with E-state index < -0.39 is 10.0 Å². The fourth-order valence-corrected chi connectivity index (χ4v) is 2.84. The minimum Gasteiger partial charge on any atom is -0.384 e. The van der Waals surface area contributed by atoms with Crippen LogP contribution in [-0.4, -0.2) is 13.4 Å². The third-order valence-electron chi connectivity index (χ3n) is 2.70. The first-order valence-corrected chi connectivity index (χ1v) is 7.26. The van der Waals surface area contributed by atoms with Crippen LogP contribution in [0.25, 0.3) is 0 Å². The molecule has 1 heterocycles. The first-order chi connectivity index (χ1) is 8.99. The Morgan fingerprint density at radius 3 is 2.42 bits per heavy atom. The Balaban J connectivity index is 2.20. The van der Waals surface area contributed by atoms with Crippen molar-refractivity contribution in [3.8, 4) is 0 Å². The fraction of sp³-hybridized carbons (Fsp3) is 0.154. The number of pyridine rings is 1. The quantitative estimate of drug-likeness (QED) is 0.890. The van der Waals surface area contributed by atoms with Gasteiger partial charge in [-0.3, -0.25) is 0 Å². The Bertz CT molecular complexity index is 639. The summed E-state index contributed by atoms with van der Waals surface area (Å²) in [6, 6.07) is 11.9. The van der Waals surface area contributed by atoms with Crippen molar-refractivity contribution in [1.29, 1.82) is 0 Å². The molecule has 3 N–H and O–H groups in total. The molecule has 5 nitrogen and oxygen atoms in total. The summed E-state index contributed by atoms with van der Waals surface area (Å²) in [5, 5.41) is 0. The van der Waals surface area contributed by atoms with E-state index in [1.807, 2.05) is 30.3 Å². The van der Waals surface area contributed by atoms with Crippen LogP contribution in [0.5, 0.6) is 0 Å². The van der Waals surface area contributed by atoms with Crippen molar-refractivity contribution in [3.63, 3.8) is 0 Å². The van der Waals surface area contributed by atoms with E-state index in [9.17, 15) is 8.42 Å². The lowest BCUT2D eigenvalue weighted by Crippen LogP contribution is -2.27. The predicted octanol–water partition coefficient (Wildman–Crippen LogP) is 1.70. The van der Waals surface area contributed by atoms with Gasteiger partial charge in [0.05, 0.1) is 0 Å². The second-order valence-electron chi connectivity index (χ2n) is 4.17. The number of hydrogen-bond acceptors (Lipinski definition) is 4. The zero-order chi connectivity index (χ0) is 13.9. The Hall–Kier alpha value is -1.92. The molecule has 100 valence electrons. The van der Waals surface area contributed by atoms with Crippen LogP contribution in [0.4, 0.5) is 5.82 Å². The summed E-state index contributed by atoms with van der Waals surface area (Å²) in [7, 11) is -3.59. The lowest BCUT2D eigenvalue weighted by atomic mass is 10.1. The molecule has 1 atom stereocenters. The molecular formula is C13H15N3O2S. The smallest absolute Gasteiger partial charge is 0.242 e. The monoisotopic (exact) mass is 277 g/mol. The van der Waals surface area contributed by atoms with E-state index >= 15 is 0 Å². The summed E-state index contributed by atoms with van der Waals surface area (Å²) in [4.78, 5) is 3.89. The van der Waals surface area contributed by atoms with Gasteiger partial charge in [0.1, 0.15) is 10.7 Å². The highest BCUT2D eigenvalue weighted by atomic mass is 32.2. The van der Waals surface area contributed by atoms with E-state index in [1.54, 1.807) is 6.92 Å². The SMILES string of the molecule is CC(NS(=O)(=O)c1ccc(N)nc1)c1ccccc1. The highest BCUT2D eigenvalue weighted by molar-refractivity contribution is 7.89. The zero-order valence-electron chi connectivity index (χ0n) is 10.4. The highest BCUT2D eigenvalue weighted by Crippen LogP contribution is 2.16. The van der Waals surface area contributed by atoms with Gasteiger partial charge in [0, 0.05) is 12.2 Å². The third-order valence-corrected chi connectivity index (χ3v) is 4.23. The molecule has 2 rings (SSSR count). The van der Waals surface area contributed by atoms with Crippen molar-refractivity contribution in [2.75, 3.05) is 5.73 Å². The number of hydrogen-bond donors (Lipinski definition) is 2. The first-order valence-electron chi connectivity index (χ1n) is 5.78. The van der Waals surface area contributed by atoms with Crippen LogP contribution in [0.2, 0.25) is 0 Å². The van der Waals surface area contributed by atoms with E-state index in [0.717, 1.165) is 5.56 Å². The van der Waals surface area contributed by atoms with Crippen LogP contribution in [0.15, 0.2) is 53.6 Å². The molecule has 2 aromatic rings. The van der Waals surface area contributed by atoms with E-state index in [0.29, 0.717) is 0 Å². The molecule has 0 fully saturated rings. The second kappa shape index (κ2) is 5.38. The largest absolute Gasteiger partial charge is 0.384 e. The van der Waals surface area contributed by atoms with Crippen molar-refractivity contribution >= 4 is 15.8 Å². The summed E-state index contributed by atoms with van der Waals surface area (Å²) < 4.78 is 26.9. The van der Waals surface area contributed by atoms with E-state index in [4.69, 9.17) is 5.73 Å². The third kappa shape index (κ3) is 3.30. The van der Waals surface area contributed by atoms with Gasteiger partial charge in [-0.25, -0.2) is 18.1 Å². The average Bonchev–Trinajstić information content (AvgIpc) is 2.40. The minimum absolute atomic E-state index is 0.101. The van der Waals surface area contributed by atoms with Crippen LogP contribution in [-0.2, 0) is 10.0 Å². The summed E-state index contributed by atoms with van der Waals surface area (Å²) in [5.74, 6) is 0.287. The molecule has 0 bridgehead atoms. The Morgan fingerprint density at radius 2 is 1.84 bits per heavy atom. The molecule has 1 aromatic carbocycles. The molecule has 0 saturated carbocycles. The van der Waals surface area contributed by atoms with Crippen LogP contribution in [0.3, 0.4) is 0 Å². The van der Waals surface area contributed by atoms with Gasteiger partial charge in [-0.15, -0.1) is 0 Å². The lowest BCUT2D eigenvalue weighted by Gasteiger charge is -2.14. The minimum atomic E-state index is -3.59. The number of rotatable bonds is 4. The fourth-order valence-electron chi connectivity index (χ4n) is 1.66. The van der Waals surface area contributed by atoms with E-state index in [-0.39, 0.29) is 16.8 Å². The maximum absolute atomic E-state index is 12.1. The van der Waals surface area contributed by atoms with Crippen molar-refractivity contribution < 1.29 is 8.42 Å². The topological polar surface area (TPSA) is 85.1 Å². The number of nitrogens with one attached hydrogen (secondary N) is 1. The molecular weight excluding hydrogens is 262 g/mol.